The Morgan fingerprint density at radius 3 is 2.55 bits per heavy atom. The second kappa shape index (κ2) is 9.38. The number of benzene rings is 1. The topological polar surface area (TPSA) is 88.2 Å². The summed E-state index contributed by atoms with van der Waals surface area (Å²) in [6, 6.07) is 17.1. The Labute approximate surface area is 196 Å². The zero-order chi connectivity index (χ0) is 23.6. The van der Waals surface area contributed by atoms with Gasteiger partial charge >= 0.3 is 0 Å². The lowest BCUT2D eigenvalue weighted by Gasteiger charge is -2.37. The Morgan fingerprint density at radius 1 is 1.15 bits per heavy atom. The van der Waals surface area contributed by atoms with Crippen molar-refractivity contribution in [3.63, 3.8) is 0 Å². The van der Waals surface area contributed by atoms with Crippen molar-refractivity contribution in [1.82, 2.24) is 0 Å². The Hall–Kier alpha value is -2.53. The fraction of sp³-hybridized carbons (Fsp3) is 0.462. The lowest BCUT2D eigenvalue weighted by atomic mass is 9.78. The molecule has 0 spiro atoms. The lowest BCUT2D eigenvalue weighted by molar-refractivity contribution is -0.102. The van der Waals surface area contributed by atoms with E-state index in [9.17, 15) is 13.5 Å². The van der Waals surface area contributed by atoms with E-state index in [1.165, 1.54) is 18.2 Å². The van der Waals surface area contributed by atoms with E-state index in [-0.39, 0.29) is 23.2 Å². The van der Waals surface area contributed by atoms with Crippen LogP contribution in [0.5, 0.6) is 0 Å². The highest BCUT2D eigenvalue weighted by Crippen LogP contribution is 2.52. The third-order valence-electron chi connectivity index (χ3n) is 6.38. The minimum Gasteiger partial charge on any atom is -0.509 e. The van der Waals surface area contributed by atoms with Gasteiger partial charge in [0, 0.05) is 23.2 Å². The van der Waals surface area contributed by atoms with E-state index < -0.39 is 15.6 Å². The summed E-state index contributed by atoms with van der Waals surface area (Å²) >= 11 is 0. The molecule has 2 aliphatic rings. The quantitative estimate of drug-likeness (QED) is 0.449. The summed E-state index contributed by atoms with van der Waals surface area (Å²) in [6.07, 6.45) is 3.38. The van der Waals surface area contributed by atoms with Crippen molar-refractivity contribution < 1.29 is 23.0 Å². The monoisotopic (exact) mass is 469 g/mol. The minimum atomic E-state index is -3.74. The molecule has 0 saturated carbocycles. The maximum absolute atomic E-state index is 12.8. The van der Waals surface area contributed by atoms with Gasteiger partial charge in [0.15, 0.2) is 6.29 Å². The van der Waals surface area contributed by atoms with Crippen LogP contribution in [0.4, 0.5) is 5.69 Å². The molecule has 3 unspecified atom stereocenters. The number of epoxide rings is 1. The number of nitrogens with one attached hydrogen (secondary N) is 1. The first-order valence-corrected chi connectivity index (χ1v) is 13.1. The summed E-state index contributed by atoms with van der Waals surface area (Å²) in [5.74, 6) is 0.181. The number of anilines is 1. The van der Waals surface area contributed by atoms with E-state index in [0.29, 0.717) is 11.4 Å². The maximum atomic E-state index is 12.8. The summed E-state index contributed by atoms with van der Waals surface area (Å²) in [7, 11) is -3.74. The molecule has 0 bridgehead atoms. The van der Waals surface area contributed by atoms with Crippen LogP contribution < -0.4 is 4.72 Å². The molecule has 3 atom stereocenters. The van der Waals surface area contributed by atoms with Gasteiger partial charge in [-0.3, -0.25) is 4.72 Å². The molecule has 2 aliphatic heterocycles. The van der Waals surface area contributed by atoms with E-state index in [4.69, 9.17) is 9.47 Å². The van der Waals surface area contributed by atoms with Crippen LogP contribution in [-0.4, -0.2) is 31.5 Å². The second-order valence-corrected chi connectivity index (χ2v) is 10.4. The Bertz CT molecular complexity index is 1110. The zero-order valence-electron chi connectivity index (χ0n) is 19.3. The molecule has 0 aromatic heterocycles. The third-order valence-corrected chi connectivity index (χ3v) is 7.76. The SMILES string of the molecule is CCCC1(CCC)OC2OC2C(C(CC)c2cccc(NS(=O)(=O)c3cc#ccc3)c2)=C1O. The predicted octanol–water partition coefficient (Wildman–Crippen LogP) is 5.49. The van der Waals surface area contributed by atoms with E-state index in [0.717, 1.165) is 43.2 Å². The van der Waals surface area contributed by atoms with Crippen LogP contribution in [0.2, 0.25) is 0 Å². The van der Waals surface area contributed by atoms with Crippen LogP contribution in [0.25, 0.3) is 0 Å². The molecule has 0 amide bonds. The van der Waals surface area contributed by atoms with Crippen LogP contribution in [0.3, 0.4) is 0 Å². The maximum Gasteiger partial charge on any atom is 0.262 e. The average molecular weight is 470 g/mol. The van der Waals surface area contributed by atoms with Crippen LogP contribution in [-0.2, 0) is 19.5 Å². The molecule has 4 rings (SSSR count). The number of hydrogen-bond donors (Lipinski definition) is 2. The number of ether oxygens (including phenoxy) is 2. The molecule has 0 radical (unpaired) electrons. The van der Waals surface area contributed by atoms with E-state index in [1.807, 2.05) is 18.2 Å². The van der Waals surface area contributed by atoms with E-state index in [1.54, 1.807) is 6.07 Å². The summed E-state index contributed by atoms with van der Waals surface area (Å²) in [5.41, 5.74) is 1.53. The molecule has 0 aliphatic carbocycles. The summed E-state index contributed by atoms with van der Waals surface area (Å²) < 4.78 is 40.2. The number of aliphatic hydroxyl groups is 1. The van der Waals surface area contributed by atoms with Crippen molar-refractivity contribution in [2.45, 2.75) is 81.7 Å². The standard InChI is InChI=1S/C26H31NO5S/c1-4-15-26(16-5-2)24(28)22(23-25(31-23)32-26)21(6-3)18-11-10-12-19(17-18)27-33(29,30)20-13-8-7-9-14-20/h8,10-14,17,21,23,25,27-28H,4-6,15-16H2,1-3H3. The van der Waals surface area contributed by atoms with Crippen molar-refractivity contribution in [1.29, 1.82) is 0 Å². The zero-order valence-corrected chi connectivity index (χ0v) is 20.1. The van der Waals surface area contributed by atoms with Gasteiger partial charge in [-0.15, -0.1) is 0 Å². The van der Waals surface area contributed by atoms with Gasteiger partial charge in [0.2, 0.25) is 0 Å². The fourth-order valence-corrected chi connectivity index (χ4v) is 5.92. The molecular formula is C26H31NO5S. The van der Waals surface area contributed by atoms with Gasteiger partial charge < -0.3 is 14.6 Å². The molecule has 33 heavy (non-hydrogen) atoms. The normalized spacial score (nSPS) is 22.3. The number of sulfonamides is 1. The summed E-state index contributed by atoms with van der Waals surface area (Å²) in [4.78, 5) is 0.126. The third kappa shape index (κ3) is 4.61. The minimum absolute atomic E-state index is 0.110. The van der Waals surface area contributed by atoms with Crippen LogP contribution in [0.15, 0.2) is 58.7 Å². The number of rotatable bonds is 10. The number of aliphatic hydroxyl groups excluding tert-OH is 1. The molecule has 2 N–H and O–H groups in total. The first-order chi connectivity index (χ1) is 15.8. The highest BCUT2D eigenvalue weighted by atomic mass is 32.2. The lowest BCUT2D eigenvalue weighted by Crippen LogP contribution is -2.41. The fourth-order valence-electron chi connectivity index (χ4n) is 4.90. The molecule has 7 heteroatoms. The van der Waals surface area contributed by atoms with Crippen molar-refractivity contribution in [3.05, 3.63) is 71.5 Å². The molecule has 1 saturated heterocycles. The molecule has 2 heterocycles. The molecule has 1 fully saturated rings. The van der Waals surface area contributed by atoms with E-state index in [2.05, 4.69) is 37.6 Å². The Balaban J connectivity index is 1.68. The first kappa shape index (κ1) is 23.6. The smallest absolute Gasteiger partial charge is 0.262 e. The molecule has 176 valence electrons. The van der Waals surface area contributed by atoms with Gasteiger partial charge in [-0.2, -0.15) is 0 Å². The van der Waals surface area contributed by atoms with Gasteiger partial charge in [-0.25, -0.2) is 8.42 Å². The summed E-state index contributed by atoms with van der Waals surface area (Å²) in [5, 5.41) is 11.5. The molecule has 2 aromatic rings. The largest absolute Gasteiger partial charge is 0.509 e. The van der Waals surface area contributed by atoms with Gasteiger partial charge in [-0.05, 0) is 49.1 Å². The van der Waals surface area contributed by atoms with Gasteiger partial charge in [0.25, 0.3) is 10.0 Å². The van der Waals surface area contributed by atoms with Crippen molar-refractivity contribution in [3.8, 4) is 0 Å². The number of hydrogen-bond acceptors (Lipinski definition) is 5. The average Bonchev–Trinajstić information content (AvgIpc) is 3.56. The van der Waals surface area contributed by atoms with Gasteiger partial charge in [0.05, 0.1) is 4.90 Å². The van der Waals surface area contributed by atoms with Crippen molar-refractivity contribution in [2.75, 3.05) is 4.72 Å². The molecule has 6 nitrogen and oxygen atoms in total. The molecular weight excluding hydrogens is 438 g/mol. The Morgan fingerprint density at radius 2 is 1.91 bits per heavy atom. The van der Waals surface area contributed by atoms with Crippen LogP contribution in [0.1, 0.15) is 64.4 Å². The van der Waals surface area contributed by atoms with Crippen molar-refractivity contribution >= 4 is 15.7 Å². The van der Waals surface area contributed by atoms with E-state index >= 15 is 0 Å². The highest BCUT2D eigenvalue weighted by Gasteiger charge is 2.57. The van der Waals surface area contributed by atoms with Gasteiger partial charge in [0.1, 0.15) is 17.5 Å². The number of fused-ring (bicyclic) bond motifs is 1. The first-order valence-electron chi connectivity index (χ1n) is 11.6. The van der Waals surface area contributed by atoms with Crippen molar-refractivity contribution in [2.24, 2.45) is 0 Å². The summed E-state index contributed by atoms with van der Waals surface area (Å²) in [6.45, 7) is 6.23. The van der Waals surface area contributed by atoms with Gasteiger partial charge in [-0.1, -0.05) is 57.9 Å². The predicted molar refractivity (Wildman–Crippen MR) is 126 cm³/mol. The van der Waals surface area contributed by atoms with Crippen LogP contribution >= 0.6 is 0 Å². The second-order valence-electron chi connectivity index (χ2n) is 8.70. The Kier molecular flexibility index (Phi) is 6.71. The van der Waals surface area contributed by atoms with Crippen LogP contribution in [0, 0.1) is 12.1 Å². The molecule has 2 aromatic carbocycles. The highest BCUT2D eigenvalue weighted by molar-refractivity contribution is 7.92.